The van der Waals surface area contributed by atoms with Crippen LogP contribution in [0.2, 0.25) is 0 Å². The van der Waals surface area contributed by atoms with Crippen molar-refractivity contribution in [3.63, 3.8) is 0 Å². The van der Waals surface area contributed by atoms with Gasteiger partial charge in [0.05, 0.1) is 18.3 Å². The Labute approximate surface area is 146 Å². The van der Waals surface area contributed by atoms with Gasteiger partial charge in [-0.2, -0.15) is 0 Å². The van der Waals surface area contributed by atoms with Gasteiger partial charge in [-0.15, -0.1) is 0 Å². The van der Waals surface area contributed by atoms with Crippen LogP contribution in [0.5, 0.6) is 0 Å². The summed E-state index contributed by atoms with van der Waals surface area (Å²) in [6.07, 6.45) is 1.85. The molecule has 0 unspecified atom stereocenters. The fourth-order valence-corrected chi connectivity index (χ4v) is 3.39. The second kappa shape index (κ2) is 8.61. The fourth-order valence-electron chi connectivity index (χ4n) is 3.39. The average molecular weight is 342 g/mol. The molecule has 1 amide bonds. The first-order valence-electron chi connectivity index (χ1n) is 9.23. The van der Waals surface area contributed by atoms with Crippen LogP contribution in [0.1, 0.15) is 40.5 Å². The standard InChI is InChI=1S/C18H34N2O4/c1-14(2)16(24-12-15-6-5-11-23-15)17(21)20-9-7-19(8-10-20)13-18(3,4)22/h14-16,22H,5-13H2,1-4H3/t15-,16-/m0/s1. The third kappa shape index (κ3) is 5.99. The first-order valence-corrected chi connectivity index (χ1v) is 9.23. The van der Waals surface area contributed by atoms with E-state index in [1.165, 1.54) is 0 Å². The molecule has 0 aromatic heterocycles. The summed E-state index contributed by atoms with van der Waals surface area (Å²) in [4.78, 5) is 16.9. The molecule has 0 aliphatic carbocycles. The normalized spacial score (nSPS) is 24.6. The Morgan fingerprint density at radius 3 is 2.46 bits per heavy atom. The predicted octanol–water partition coefficient (Wildman–Crippen LogP) is 1.12. The molecule has 2 heterocycles. The molecule has 2 atom stereocenters. The Hall–Kier alpha value is -0.690. The van der Waals surface area contributed by atoms with Gasteiger partial charge in [-0.3, -0.25) is 9.69 Å². The smallest absolute Gasteiger partial charge is 0.252 e. The highest BCUT2D eigenvalue weighted by Gasteiger charge is 2.32. The lowest BCUT2D eigenvalue weighted by molar-refractivity contribution is -0.151. The molecule has 2 fully saturated rings. The van der Waals surface area contributed by atoms with Crippen molar-refractivity contribution in [2.45, 2.75) is 58.3 Å². The third-order valence-corrected chi connectivity index (χ3v) is 4.63. The van der Waals surface area contributed by atoms with E-state index >= 15 is 0 Å². The van der Waals surface area contributed by atoms with Crippen LogP contribution < -0.4 is 0 Å². The van der Waals surface area contributed by atoms with Crippen LogP contribution in [0.4, 0.5) is 0 Å². The highest BCUT2D eigenvalue weighted by molar-refractivity contribution is 5.81. The highest BCUT2D eigenvalue weighted by atomic mass is 16.5. The molecule has 24 heavy (non-hydrogen) atoms. The molecule has 0 radical (unpaired) electrons. The molecule has 6 nitrogen and oxygen atoms in total. The third-order valence-electron chi connectivity index (χ3n) is 4.63. The number of hydrogen-bond acceptors (Lipinski definition) is 5. The molecule has 6 heteroatoms. The van der Waals surface area contributed by atoms with Crippen LogP contribution >= 0.6 is 0 Å². The Kier molecular flexibility index (Phi) is 7.04. The van der Waals surface area contributed by atoms with Gasteiger partial charge in [-0.05, 0) is 32.6 Å². The average Bonchev–Trinajstić information content (AvgIpc) is 2.99. The largest absolute Gasteiger partial charge is 0.389 e. The molecule has 140 valence electrons. The van der Waals surface area contributed by atoms with Crippen LogP contribution in [0, 0.1) is 5.92 Å². The zero-order valence-corrected chi connectivity index (χ0v) is 15.7. The molecule has 1 N–H and O–H groups in total. The van der Waals surface area contributed by atoms with Gasteiger partial charge in [0, 0.05) is 39.3 Å². The van der Waals surface area contributed by atoms with Crippen LogP contribution in [0.15, 0.2) is 0 Å². The van der Waals surface area contributed by atoms with Crippen LogP contribution in [0.3, 0.4) is 0 Å². The van der Waals surface area contributed by atoms with E-state index in [0.717, 1.165) is 32.5 Å². The SMILES string of the molecule is CC(C)[C@H](OC[C@@H]1CCCO1)C(=O)N1CCN(CC(C)(C)O)CC1. The van der Waals surface area contributed by atoms with E-state index in [9.17, 15) is 9.90 Å². The van der Waals surface area contributed by atoms with Gasteiger partial charge in [0.25, 0.3) is 5.91 Å². The quantitative estimate of drug-likeness (QED) is 0.751. The molecule has 0 spiro atoms. The second-order valence-electron chi connectivity index (χ2n) is 8.05. The van der Waals surface area contributed by atoms with Crippen LogP contribution in [0.25, 0.3) is 0 Å². The molecule has 2 saturated heterocycles. The Bertz CT molecular complexity index is 394. The molecular weight excluding hydrogens is 308 g/mol. The summed E-state index contributed by atoms with van der Waals surface area (Å²) in [5.41, 5.74) is -0.697. The number of carbonyl (C=O) groups excluding carboxylic acids is 1. The lowest BCUT2D eigenvalue weighted by atomic mass is 10.0. The highest BCUT2D eigenvalue weighted by Crippen LogP contribution is 2.17. The second-order valence-corrected chi connectivity index (χ2v) is 8.05. The number of piperazine rings is 1. The monoisotopic (exact) mass is 342 g/mol. The summed E-state index contributed by atoms with van der Waals surface area (Å²) < 4.78 is 11.5. The number of β-amino-alcohol motifs (C(OH)–C–C–N with tert-alkyl or cyclic N) is 1. The summed E-state index contributed by atoms with van der Waals surface area (Å²) in [6, 6.07) is 0. The van der Waals surface area contributed by atoms with E-state index in [4.69, 9.17) is 9.47 Å². The van der Waals surface area contributed by atoms with E-state index in [1.807, 2.05) is 32.6 Å². The van der Waals surface area contributed by atoms with Gasteiger partial charge in [0.2, 0.25) is 0 Å². The summed E-state index contributed by atoms with van der Waals surface area (Å²) in [7, 11) is 0. The van der Waals surface area contributed by atoms with Crippen molar-refractivity contribution in [1.82, 2.24) is 9.80 Å². The molecule has 2 aliphatic rings. The Morgan fingerprint density at radius 2 is 1.96 bits per heavy atom. The molecule has 2 rings (SSSR count). The molecule has 0 aromatic carbocycles. The van der Waals surface area contributed by atoms with Gasteiger partial charge in [0.15, 0.2) is 0 Å². The first-order chi connectivity index (χ1) is 11.3. The summed E-state index contributed by atoms with van der Waals surface area (Å²) in [5, 5.41) is 9.93. The molecule has 0 saturated carbocycles. The maximum atomic E-state index is 12.8. The van der Waals surface area contributed by atoms with E-state index in [0.29, 0.717) is 26.2 Å². The zero-order valence-electron chi connectivity index (χ0n) is 15.7. The number of aliphatic hydroxyl groups is 1. The Balaban J connectivity index is 1.81. The van der Waals surface area contributed by atoms with Crippen molar-refractivity contribution in [1.29, 1.82) is 0 Å². The minimum atomic E-state index is -0.697. The fraction of sp³-hybridized carbons (Fsp3) is 0.944. The van der Waals surface area contributed by atoms with Gasteiger partial charge in [-0.1, -0.05) is 13.8 Å². The predicted molar refractivity (Wildman–Crippen MR) is 92.9 cm³/mol. The van der Waals surface area contributed by atoms with Crippen molar-refractivity contribution in [3.05, 3.63) is 0 Å². The van der Waals surface area contributed by atoms with E-state index < -0.39 is 11.7 Å². The maximum absolute atomic E-state index is 12.8. The van der Waals surface area contributed by atoms with E-state index in [-0.39, 0.29) is 17.9 Å². The molecule has 0 bridgehead atoms. The topological polar surface area (TPSA) is 62.2 Å². The minimum Gasteiger partial charge on any atom is -0.389 e. The number of nitrogens with zero attached hydrogens (tertiary/aromatic N) is 2. The van der Waals surface area contributed by atoms with Crippen molar-refractivity contribution in [2.75, 3.05) is 45.9 Å². The van der Waals surface area contributed by atoms with E-state index in [1.54, 1.807) is 0 Å². The number of carbonyl (C=O) groups is 1. The van der Waals surface area contributed by atoms with Crippen molar-refractivity contribution >= 4 is 5.91 Å². The van der Waals surface area contributed by atoms with Crippen molar-refractivity contribution in [3.8, 4) is 0 Å². The lowest BCUT2D eigenvalue weighted by Crippen LogP contribution is -2.55. The number of amides is 1. The number of hydrogen-bond donors (Lipinski definition) is 1. The summed E-state index contributed by atoms with van der Waals surface area (Å²) in [5.74, 6) is 0.235. The van der Waals surface area contributed by atoms with Gasteiger partial charge >= 0.3 is 0 Å². The number of rotatable bonds is 7. The van der Waals surface area contributed by atoms with Crippen LogP contribution in [-0.2, 0) is 14.3 Å². The van der Waals surface area contributed by atoms with Gasteiger partial charge in [-0.25, -0.2) is 0 Å². The maximum Gasteiger partial charge on any atom is 0.252 e. The Morgan fingerprint density at radius 1 is 1.29 bits per heavy atom. The molecule has 0 aromatic rings. The molecular formula is C18H34N2O4. The lowest BCUT2D eigenvalue weighted by Gasteiger charge is -2.39. The zero-order chi connectivity index (χ0) is 17.7. The number of ether oxygens (including phenoxy) is 2. The van der Waals surface area contributed by atoms with Gasteiger partial charge < -0.3 is 19.5 Å². The van der Waals surface area contributed by atoms with E-state index in [2.05, 4.69) is 4.90 Å². The van der Waals surface area contributed by atoms with Gasteiger partial charge in [0.1, 0.15) is 6.10 Å². The van der Waals surface area contributed by atoms with Crippen molar-refractivity contribution < 1.29 is 19.4 Å². The van der Waals surface area contributed by atoms with Crippen LogP contribution in [-0.4, -0.2) is 84.6 Å². The minimum absolute atomic E-state index is 0.0888. The summed E-state index contributed by atoms with van der Waals surface area (Å²) >= 11 is 0. The summed E-state index contributed by atoms with van der Waals surface area (Å²) in [6.45, 7) is 12.6. The van der Waals surface area contributed by atoms with Crippen molar-refractivity contribution in [2.24, 2.45) is 5.92 Å². The molecule has 2 aliphatic heterocycles. The first kappa shape index (κ1) is 19.6.